The number of carbonyl (C=O) groups is 1. The third-order valence-electron chi connectivity index (χ3n) is 3.11. The standard InChI is InChI=1S/C16H19NO3/c1-2-20-16(19)14-13(9-6-10-18)11-17-15(14)12-7-4-3-5-8-12/h3-5,7-8,11,17-18H,2,6,9-10H2,1H3. The molecule has 4 nitrogen and oxygen atoms in total. The third kappa shape index (κ3) is 3.08. The van der Waals surface area contributed by atoms with Crippen molar-refractivity contribution in [2.24, 2.45) is 0 Å². The first-order valence-corrected chi connectivity index (χ1v) is 6.81. The largest absolute Gasteiger partial charge is 0.462 e. The lowest BCUT2D eigenvalue weighted by molar-refractivity contribution is 0.0526. The van der Waals surface area contributed by atoms with Crippen LogP contribution in [0, 0.1) is 0 Å². The number of aliphatic hydroxyl groups excluding tert-OH is 1. The lowest BCUT2D eigenvalue weighted by Crippen LogP contribution is -2.08. The fraction of sp³-hybridized carbons (Fsp3) is 0.312. The Balaban J connectivity index is 2.41. The minimum absolute atomic E-state index is 0.105. The van der Waals surface area contributed by atoms with Crippen molar-refractivity contribution >= 4 is 5.97 Å². The van der Waals surface area contributed by atoms with Crippen molar-refractivity contribution in [3.8, 4) is 11.3 Å². The Bertz CT molecular complexity index is 560. The number of rotatable bonds is 6. The van der Waals surface area contributed by atoms with Gasteiger partial charge >= 0.3 is 5.97 Å². The minimum atomic E-state index is -0.319. The molecule has 0 aliphatic carbocycles. The highest BCUT2D eigenvalue weighted by Gasteiger charge is 2.20. The lowest BCUT2D eigenvalue weighted by Gasteiger charge is -2.07. The van der Waals surface area contributed by atoms with Gasteiger partial charge in [-0.15, -0.1) is 0 Å². The molecule has 1 aromatic carbocycles. The topological polar surface area (TPSA) is 62.3 Å². The Morgan fingerprint density at radius 1 is 1.30 bits per heavy atom. The number of hydrogen-bond acceptors (Lipinski definition) is 3. The van der Waals surface area contributed by atoms with E-state index < -0.39 is 0 Å². The maximum Gasteiger partial charge on any atom is 0.340 e. The Labute approximate surface area is 118 Å². The van der Waals surface area contributed by atoms with Crippen LogP contribution in [-0.4, -0.2) is 29.3 Å². The molecule has 0 bridgehead atoms. The average molecular weight is 273 g/mol. The van der Waals surface area contributed by atoms with Gasteiger partial charge in [0.1, 0.15) is 0 Å². The minimum Gasteiger partial charge on any atom is -0.462 e. The summed E-state index contributed by atoms with van der Waals surface area (Å²) in [6.07, 6.45) is 3.09. The molecule has 4 heteroatoms. The number of benzene rings is 1. The molecule has 0 spiro atoms. The van der Waals surface area contributed by atoms with E-state index in [-0.39, 0.29) is 12.6 Å². The van der Waals surface area contributed by atoms with Crippen molar-refractivity contribution in [3.63, 3.8) is 0 Å². The van der Waals surface area contributed by atoms with Crippen LogP contribution in [0.2, 0.25) is 0 Å². The monoisotopic (exact) mass is 273 g/mol. The van der Waals surface area contributed by atoms with Gasteiger partial charge in [-0.3, -0.25) is 0 Å². The number of H-pyrrole nitrogens is 1. The molecule has 106 valence electrons. The number of aliphatic hydroxyl groups is 1. The van der Waals surface area contributed by atoms with E-state index in [1.54, 1.807) is 6.92 Å². The van der Waals surface area contributed by atoms with Gasteiger partial charge in [-0.2, -0.15) is 0 Å². The van der Waals surface area contributed by atoms with Crippen LogP contribution in [0.4, 0.5) is 0 Å². The summed E-state index contributed by atoms with van der Waals surface area (Å²) in [6.45, 7) is 2.24. The van der Waals surface area contributed by atoms with E-state index in [9.17, 15) is 4.79 Å². The second-order valence-corrected chi connectivity index (χ2v) is 4.48. The van der Waals surface area contributed by atoms with E-state index in [2.05, 4.69) is 4.98 Å². The van der Waals surface area contributed by atoms with Crippen molar-refractivity contribution in [1.82, 2.24) is 4.98 Å². The fourth-order valence-electron chi connectivity index (χ4n) is 2.20. The summed E-state index contributed by atoms with van der Waals surface area (Å²) in [4.78, 5) is 15.3. The quantitative estimate of drug-likeness (QED) is 0.795. The van der Waals surface area contributed by atoms with E-state index >= 15 is 0 Å². The summed E-state index contributed by atoms with van der Waals surface area (Å²) in [5.74, 6) is -0.319. The van der Waals surface area contributed by atoms with Crippen molar-refractivity contribution < 1.29 is 14.6 Å². The van der Waals surface area contributed by atoms with Gasteiger partial charge in [0.2, 0.25) is 0 Å². The Hall–Kier alpha value is -2.07. The number of ether oxygens (including phenoxy) is 1. The van der Waals surface area contributed by atoms with Gasteiger partial charge in [0.25, 0.3) is 0 Å². The first-order chi connectivity index (χ1) is 9.77. The zero-order valence-electron chi connectivity index (χ0n) is 11.6. The molecule has 1 heterocycles. The summed E-state index contributed by atoms with van der Waals surface area (Å²) in [5.41, 5.74) is 3.19. The molecular formula is C16H19NO3. The van der Waals surface area contributed by atoms with Crippen LogP contribution in [-0.2, 0) is 11.2 Å². The molecule has 0 amide bonds. The molecule has 0 saturated heterocycles. The molecule has 2 aromatic rings. The predicted molar refractivity (Wildman–Crippen MR) is 77.6 cm³/mol. The summed E-state index contributed by atoms with van der Waals surface area (Å²) in [6, 6.07) is 9.69. The van der Waals surface area contributed by atoms with Crippen LogP contribution in [0.3, 0.4) is 0 Å². The average Bonchev–Trinajstić information content (AvgIpc) is 2.90. The molecule has 0 aliphatic rings. The van der Waals surface area contributed by atoms with Gasteiger partial charge in [0.15, 0.2) is 0 Å². The van der Waals surface area contributed by atoms with E-state index in [0.29, 0.717) is 25.0 Å². The van der Waals surface area contributed by atoms with Gasteiger partial charge in [-0.1, -0.05) is 30.3 Å². The lowest BCUT2D eigenvalue weighted by atomic mass is 10.0. The second-order valence-electron chi connectivity index (χ2n) is 4.48. The molecule has 20 heavy (non-hydrogen) atoms. The normalized spacial score (nSPS) is 10.5. The van der Waals surface area contributed by atoms with Gasteiger partial charge in [0, 0.05) is 12.8 Å². The van der Waals surface area contributed by atoms with Crippen LogP contribution in [0.15, 0.2) is 36.5 Å². The second kappa shape index (κ2) is 6.91. The number of aryl methyl sites for hydroxylation is 1. The molecule has 2 N–H and O–H groups in total. The van der Waals surface area contributed by atoms with Crippen LogP contribution < -0.4 is 0 Å². The molecule has 0 fully saturated rings. The maximum atomic E-state index is 12.2. The number of carbonyl (C=O) groups excluding carboxylic acids is 1. The number of nitrogens with one attached hydrogen (secondary N) is 1. The maximum absolute atomic E-state index is 12.2. The molecule has 0 radical (unpaired) electrons. The van der Waals surface area contributed by atoms with Gasteiger partial charge in [0.05, 0.1) is 17.9 Å². The first-order valence-electron chi connectivity index (χ1n) is 6.81. The van der Waals surface area contributed by atoms with Gasteiger partial charge in [-0.25, -0.2) is 4.79 Å². The predicted octanol–water partition coefficient (Wildman–Crippen LogP) is 2.78. The van der Waals surface area contributed by atoms with Crippen LogP contribution in [0.1, 0.15) is 29.3 Å². The van der Waals surface area contributed by atoms with E-state index in [0.717, 1.165) is 16.8 Å². The summed E-state index contributed by atoms with van der Waals surface area (Å²) in [5, 5.41) is 8.96. The van der Waals surface area contributed by atoms with Crippen LogP contribution in [0.25, 0.3) is 11.3 Å². The molecular weight excluding hydrogens is 254 g/mol. The Morgan fingerprint density at radius 3 is 2.70 bits per heavy atom. The SMILES string of the molecule is CCOC(=O)c1c(CCCO)c[nH]c1-c1ccccc1. The molecule has 0 atom stereocenters. The highest BCUT2D eigenvalue weighted by Crippen LogP contribution is 2.27. The zero-order valence-corrected chi connectivity index (χ0v) is 11.6. The Morgan fingerprint density at radius 2 is 2.05 bits per heavy atom. The third-order valence-corrected chi connectivity index (χ3v) is 3.11. The number of aromatic nitrogens is 1. The van der Waals surface area contributed by atoms with Gasteiger partial charge < -0.3 is 14.8 Å². The van der Waals surface area contributed by atoms with E-state index in [1.165, 1.54) is 0 Å². The van der Waals surface area contributed by atoms with Crippen LogP contribution >= 0.6 is 0 Å². The van der Waals surface area contributed by atoms with E-state index in [4.69, 9.17) is 9.84 Å². The molecule has 0 saturated carbocycles. The summed E-state index contributed by atoms with van der Waals surface area (Å²) in [7, 11) is 0. The van der Waals surface area contributed by atoms with Crippen molar-refractivity contribution in [2.75, 3.05) is 13.2 Å². The van der Waals surface area contributed by atoms with Crippen molar-refractivity contribution in [2.45, 2.75) is 19.8 Å². The molecule has 2 rings (SSSR count). The van der Waals surface area contributed by atoms with Crippen LogP contribution in [0.5, 0.6) is 0 Å². The summed E-state index contributed by atoms with van der Waals surface area (Å²) < 4.78 is 5.15. The molecule has 0 unspecified atom stereocenters. The molecule has 0 aliphatic heterocycles. The number of hydrogen-bond donors (Lipinski definition) is 2. The fourth-order valence-corrected chi connectivity index (χ4v) is 2.20. The summed E-state index contributed by atoms with van der Waals surface area (Å²) >= 11 is 0. The van der Waals surface area contributed by atoms with E-state index in [1.807, 2.05) is 36.5 Å². The first kappa shape index (κ1) is 14.3. The zero-order chi connectivity index (χ0) is 14.4. The van der Waals surface area contributed by atoms with Gasteiger partial charge in [-0.05, 0) is 30.9 Å². The van der Waals surface area contributed by atoms with Crippen molar-refractivity contribution in [3.05, 3.63) is 47.7 Å². The smallest absolute Gasteiger partial charge is 0.340 e. The number of esters is 1. The molecule has 1 aromatic heterocycles. The van der Waals surface area contributed by atoms with Crippen molar-refractivity contribution in [1.29, 1.82) is 0 Å². The highest BCUT2D eigenvalue weighted by atomic mass is 16.5. The Kier molecular flexibility index (Phi) is 4.96. The highest BCUT2D eigenvalue weighted by molar-refractivity contribution is 5.98. The number of aromatic amines is 1.